The van der Waals surface area contributed by atoms with Gasteiger partial charge in [0.15, 0.2) is 0 Å². The first-order valence-corrected chi connectivity index (χ1v) is 7.12. The van der Waals surface area contributed by atoms with E-state index in [2.05, 4.69) is 40.8 Å². The molecule has 0 bridgehead atoms. The van der Waals surface area contributed by atoms with Crippen LogP contribution in [-0.4, -0.2) is 21.4 Å². The predicted molar refractivity (Wildman–Crippen MR) is 57.0 cm³/mol. The van der Waals surface area contributed by atoms with Gasteiger partial charge in [-0.05, 0) is 24.4 Å². The van der Waals surface area contributed by atoms with Gasteiger partial charge >= 0.3 is 0 Å². The standard InChI is InChI=1S/C10H21O2Si/c1-8(10(2,3)4)9(7-11)12-13(5)6/h7-9H,1-6H3. The van der Waals surface area contributed by atoms with Crippen molar-refractivity contribution in [1.82, 2.24) is 0 Å². The van der Waals surface area contributed by atoms with Crippen LogP contribution < -0.4 is 0 Å². The van der Waals surface area contributed by atoms with E-state index in [9.17, 15) is 4.79 Å². The molecule has 1 radical (unpaired) electrons. The molecule has 0 aromatic rings. The van der Waals surface area contributed by atoms with Crippen molar-refractivity contribution in [2.45, 2.75) is 46.9 Å². The van der Waals surface area contributed by atoms with E-state index in [1.165, 1.54) is 0 Å². The van der Waals surface area contributed by atoms with Crippen molar-refractivity contribution in [2.75, 3.05) is 0 Å². The van der Waals surface area contributed by atoms with E-state index in [0.717, 1.165) is 6.29 Å². The van der Waals surface area contributed by atoms with Crippen molar-refractivity contribution in [3.05, 3.63) is 0 Å². The highest BCUT2D eigenvalue weighted by molar-refractivity contribution is 6.48. The molecule has 0 aliphatic carbocycles. The Morgan fingerprint density at radius 1 is 1.31 bits per heavy atom. The van der Waals surface area contributed by atoms with Crippen LogP contribution in [0.2, 0.25) is 13.1 Å². The summed E-state index contributed by atoms with van der Waals surface area (Å²) in [7, 11) is -0.781. The average molecular weight is 201 g/mol. The fourth-order valence-corrected chi connectivity index (χ4v) is 1.82. The molecule has 77 valence electrons. The van der Waals surface area contributed by atoms with Gasteiger partial charge in [-0.25, -0.2) is 0 Å². The molecule has 0 aromatic heterocycles. The molecule has 0 aromatic carbocycles. The van der Waals surface area contributed by atoms with E-state index in [-0.39, 0.29) is 17.4 Å². The molecule has 0 saturated heterocycles. The van der Waals surface area contributed by atoms with Gasteiger partial charge in [0.2, 0.25) is 9.04 Å². The normalized spacial score (nSPS) is 17.2. The molecule has 0 N–H and O–H groups in total. The van der Waals surface area contributed by atoms with Crippen molar-refractivity contribution < 1.29 is 9.22 Å². The number of carbonyl (C=O) groups is 1. The Hall–Kier alpha value is -0.153. The third kappa shape index (κ3) is 4.57. The number of carbonyl (C=O) groups excluding carboxylic acids is 1. The van der Waals surface area contributed by atoms with Gasteiger partial charge in [0, 0.05) is 0 Å². The second-order valence-corrected chi connectivity index (χ2v) is 6.83. The van der Waals surface area contributed by atoms with Crippen LogP contribution in [0.15, 0.2) is 0 Å². The molecule has 0 spiro atoms. The van der Waals surface area contributed by atoms with E-state index in [0.29, 0.717) is 0 Å². The molecule has 0 heterocycles. The highest BCUT2D eigenvalue weighted by Gasteiger charge is 2.29. The molecule has 13 heavy (non-hydrogen) atoms. The lowest BCUT2D eigenvalue weighted by Gasteiger charge is -2.32. The minimum Gasteiger partial charge on any atom is -0.407 e. The molecule has 2 nitrogen and oxygen atoms in total. The molecule has 0 aliphatic heterocycles. The Balaban J connectivity index is 4.32. The van der Waals surface area contributed by atoms with E-state index >= 15 is 0 Å². The zero-order valence-corrected chi connectivity index (χ0v) is 10.5. The van der Waals surface area contributed by atoms with Gasteiger partial charge < -0.3 is 9.22 Å². The highest BCUT2D eigenvalue weighted by atomic mass is 28.3. The van der Waals surface area contributed by atoms with Crippen molar-refractivity contribution in [1.29, 1.82) is 0 Å². The van der Waals surface area contributed by atoms with Crippen LogP contribution in [0.4, 0.5) is 0 Å². The Bertz CT molecular complexity index is 161. The Morgan fingerprint density at radius 2 is 1.77 bits per heavy atom. The second kappa shape index (κ2) is 4.91. The minimum absolute atomic E-state index is 0.128. The van der Waals surface area contributed by atoms with E-state index in [1.807, 2.05) is 0 Å². The predicted octanol–water partition coefficient (Wildman–Crippen LogP) is 2.50. The van der Waals surface area contributed by atoms with Crippen LogP contribution in [0.5, 0.6) is 0 Å². The molecular formula is C10H21O2Si. The first-order chi connectivity index (χ1) is 5.79. The van der Waals surface area contributed by atoms with Crippen LogP contribution in [0.25, 0.3) is 0 Å². The molecule has 0 saturated carbocycles. The molecule has 2 atom stereocenters. The topological polar surface area (TPSA) is 26.3 Å². The molecule has 3 heteroatoms. The third-order valence-corrected chi connectivity index (χ3v) is 3.11. The van der Waals surface area contributed by atoms with Crippen molar-refractivity contribution >= 4 is 15.3 Å². The summed E-state index contributed by atoms with van der Waals surface area (Å²) in [5, 5.41) is 0. The molecule has 0 amide bonds. The smallest absolute Gasteiger partial charge is 0.206 e. The Labute approximate surface area is 83.4 Å². The summed E-state index contributed by atoms with van der Waals surface area (Å²) in [6.07, 6.45) is 0.706. The molecule has 0 rings (SSSR count). The van der Waals surface area contributed by atoms with E-state index in [4.69, 9.17) is 4.43 Å². The number of hydrogen-bond acceptors (Lipinski definition) is 2. The monoisotopic (exact) mass is 201 g/mol. The fourth-order valence-electron chi connectivity index (χ4n) is 1.01. The molecule has 2 unspecified atom stereocenters. The van der Waals surface area contributed by atoms with Gasteiger partial charge in [-0.15, -0.1) is 0 Å². The summed E-state index contributed by atoms with van der Waals surface area (Å²) in [5.74, 6) is 0.268. The van der Waals surface area contributed by atoms with Crippen LogP contribution >= 0.6 is 0 Å². The lowest BCUT2D eigenvalue weighted by Crippen LogP contribution is -2.35. The number of hydrogen-bond donors (Lipinski definition) is 0. The summed E-state index contributed by atoms with van der Waals surface area (Å²) < 4.78 is 5.62. The maximum atomic E-state index is 10.8. The van der Waals surface area contributed by atoms with Gasteiger partial charge in [0.25, 0.3) is 0 Å². The molecule has 0 aliphatic rings. The fraction of sp³-hybridized carbons (Fsp3) is 0.900. The van der Waals surface area contributed by atoms with Crippen LogP contribution in [0, 0.1) is 11.3 Å². The van der Waals surface area contributed by atoms with Crippen LogP contribution in [0.1, 0.15) is 27.7 Å². The SMILES string of the molecule is CC(C(C=O)O[Si](C)C)C(C)(C)C. The summed E-state index contributed by atoms with van der Waals surface area (Å²) in [6, 6.07) is 0. The summed E-state index contributed by atoms with van der Waals surface area (Å²) in [5.41, 5.74) is 0.128. The summed E-state index contributed by atoms with van der Waals surface area (Å²) >= 11 is 0. The number of rotatable bonds is 4. The van der Waals surface area contributed by atoms with Gasteiger partial charge in [-0.1, -0.05) is 27.7 Å². The Morgan fingerprint density at radius 3 is 2.00 bits per heavy atom. The van der Waals surface area contributed by atoms with E-state index in [1.54, 1.807) is 0 Å². The highest BCUT2D eigenvalue weighted by Crippen LogP contribution is 2.29. The summed E-state index contributed by atoms with van der Waals surface area (Å²) in [6.45, 7) is 12.6. The van der Waals surface area contributed by atoms with Gasteiger partial charge in [0.1, 0.15) is 12.4 Å². The maximum Gasteiger partial charge on any atom is 0.206 e. The second-order valence-electron chi connectivity index (χ2n) is 4.78. The zero-order chi connectivity index (χ0) is 10.6. The van der Waals surface area contributed by atoms with Crippen molar-refractivity contribution in [3.63, 3.8) is 0 Å². The van der Waals surface area contributed by atoms with Gasteiger partial charge in [-0.2, -0.15) is 0 Å². The largest absolute Gasteiger partial charge is 0.407 e. The average Bonchev–Trinajstić information content (AvgIpc) is 1.96. The van der Waals surface area contributed by atoms with Gasteiger partial charge in [-0.3, -0.25) is 0 Å². The van der Waals surface area contributed by atoms with Gasteiger partial charge in [0.05, 0.1) is 0 Å². The maximum absolute atomic E-state index is 10.8. The lowest BCUT2D eigenvalue weighted by atomic mass is 9.79. The minimum atomic E-state index is -0.781. The molecular weight excluding hydrogens is 180 g/mol. The van der Waals surface area contributed by atoms with Crippen LogP contribution in [-0.2, 0) is 9.22 Å². The van der Waals surface area contributed by atoms with E-state index < -0.39 is 9.04 Å². The Kier molecular flexibility index (Phi) is 4.85. The zero-order valence-electron chi connectivity index (χ0n) is 9.55. The first kappa shape index (κ1) is 12.8. The first-order valence-electron chi connectivity index (χ1n) is 4.71. The molecule has 0 fully saturated rings. The summed E-state index contributed by atoms with van der Waals surface area (Å²) in [4.78, 5) is 10.8. The van der Waals surface area contributed by atoms with Crippen LogP contribution in [0.3, 0.4) is 0 Å². The quantitative estimate of drug-likeness (QED) is 0.516. The lowest BCUT2D eigenvalue weighted by molar-refractivity contribution is -0.117. The third-order valence-electron chi connectivity index (χ3n) is 2.36. The van der Waals surface area contributed by atoms with Crippen molar-refractivity contribution in [3.8, 4) is 0 Å². The number of aldehydes is 1. The van der Waals surface area contributed by atoms with Crippen molar-refractivity contribution in [2.24, 2.45) is 11.3 Å².